The van der Waals surface area contributed by atoms with Crippen LogP contribution in [-0.4, -0.2) is 76.8 Å². The van der Waals surface area contributed by atoms with Gasteiger partial charge in [0.2, 0.25) is 5.95 Å². The van der Waals surface area contributed by atoms with Gasteiger partial charge in [-0.25, -0.2) is 23.5 Å². The molecule has 1 aliphatic heterocycles. The van der Waals surface area contributed by atoms with Crippen molar-refractivity contribution >= 4 is 28.6 Å². The number of amides is 1. The largest absolute Gasteiger partial charge is 0.497 e. The smallest absolute Gasteiger partial charge is 0.410 e. The molecule has 3 heterocycles. The van der Waals surface area contributed by atoms with Crippen molar-refractivity contribution in [3.8, 4) is 17.2 Å². The predicted octanol–water partition coefficient (Wildman–Crippen LogP) is 5.12. The number of aromatic nitrogens is 4. The number of anilines is 1. The van der Waals surface area contributed by atoms with E-state index < -0.39 is 29.6 Å². The topological polar surface area (TPSA) is 112 Å². The van der Waals surface area contributed by atoms with Crippen LogP contribution >= 0.6 is 0 Å². The van der Waals surface area contributed by atoms with E-state index in [1.165, 1.54) is 28.7 Å². The zero-order chi connectivity index (χ0) is 30.2. The molecule has 1 aliphatic rings. The highest BCUT2D eigenvalue weighted by molar-refractivity contribution is 5.93. The number of carbonyl (C=O) groups is 1. The summed E-state index contributed by atoms with van der Waals surface area (Å²) in [5.74, 6) is 0.813. The number of ether oxygens (including phenoxy) is 4. The van der Waals surface area contributed by atoms with Gasteiger partial charge in [0, 0.05) is 42.1 Å². The molecule has 13 heteroatoms. The molecule has 0 spiro atoms. The number of carbonyl (C=O) groups excluding carboxylic acids is 1. The molecule has 1 saturated heterocycles. The highest BCUT2D eigenvalue weighted by Gasteiger charge is 2.35. The number of alkyl halides is 1. The summed E-state index contributed by atoms with van der Waals surface area (Å²) in [5.41, 5.74) is 0.850. The molecule has 0 radical (unpaired) electrons. The van der Waals surface area contributed by atoms with Crippen LogP contribution in [0.2, 0.25) is 0 Å². The highest BCUT2D eigenvalue weighted by atomic mass is 19.1. The Morgan fingerprint density at radius 1 is 1.05 bits per heavy atom. The molecule has 0 aliphatic carbocycles. The van der Waals surface area contributed by atoms with E-state index in [4.69, 9.17) is 28.9 Å². The third kappa shape index (κ3) is 5.95. The number of benzene rings is 2. The molecule has 0 unspecified atom stereocenters. The Morgan fingerprint density at radius 3 is 2.50 bits per heavy atom. The van der Waals surface area contributed by atoms with Crippen LogP contribution in [0.15, 0.2) is 30.3 Å². The summed E-state index contributed by atoms with van der Waals surface area (Å²) in [6.07, 6.45) is -1.77. The van der Waals surface area contributed by atoms with Crippen LogP contribution in [0.5, 0.6) is 17.2 Å². The monoisotopic (exact) mass is 584 g/mol. The Labute approximate surface area is 241 Å². The number of methoxy groups -OCH3 is 3. The van der Waals surface area contributed by atoms with Crippen molar-refractivity contribution in [1.82, 2.24) is 24.5 Å². The van der Waals surface area contributed by atoms with Crippen molar-refractivity contribution < 1.29 is 32.5 Å². The zero-order valence-corrected chi connectivity index (χ0v) is 24.4. The number of likely N-dealkylation sites (tertiary alicyclic amines) is 1. The first-order valence-corrected chi connectivity index (χ1v) is 13.5. The maximum atomic E-state index is 14.9. The lowest BCUT2D eigenvalue weighted by molar-refractivity contribution is 0.0107. The van der Waals surface area contributed by atoms with E-state index >= 15 is 0 Å². The second kappa shape index (κ2) is 11.5. The van der Waals surface area contributed by atoms with E-state index in [0.29, 0.717) is 46.4 Å². The van der Waals surface area contributed by atoms with Crippen LogP contribution in [0.25, 0.3) is 16.6 Å². The van der Waals surface area contributed by atoms with Gasteiger partial charge in [0.05, 0.1) is 33.4 Å². The van der Waals surface area contributed by atoms with Crippen LogP contribution in [0.3, 0.4) is 0 Å². The molecule has 1 fully saturated rings. The molecule has 0 saturated carbocycles. The number of nitrogens with zero attached hydrogens (tertiary/aromatic N) is 5. The van der Waals surface area contributed by atoms with Crippen LogP contribution in [0.1, 0.15) is 44.5 Å². The average Bonchev–Trinajstić information content (AvgIpc) is 3.41. The first-order chi connectivity index (χ1) is 20.0. The summed E-state index contributed by atoms with van der Waals surface area (Å²) < 4.78 is 52.6. The minimum absolute atomic E-state index is 0.0300. The molecule has 1 N–H and O–H groups in total. The molecule has 2 atom stereocenters. The van der Waals surface area contributed by atoms with E-state index in [-0.39, 0.29) is 25.3 Å². The van der Waals surface area contributed by atoms with Gasteiger partial charge in [0.15, 0.2) is 23.0 Å². The van der Waals surface area contributed by atoms with Crippen molar-refractivity contribution in [2.45, 2.75) is 51.4 Å². The van der Waals surface area contributed by atoms with Gasteiger partial charge in [0.1, 0.15) is 23.3 Å². The number of rotatable bonds is 7. The van der Waals surface area contributed by atoms with Gasteiger partial charge in [-0.3, -0.25) is 0 Å². The van der Waals surface area contributed by atoms with Gasteiger partial charge < -0.3 is 29.2 Å². The number of halogens is 2. The van der Waals surface area contributed by atoms with Crippen LogP contribution < -0.4 is 19.5 Å². The van der Waals surface area contributed by atoms with Crippen molar-refractivity contribution in [2.24, 2.45) is 0 Å². The summed E-state index contributed by atoms with van der Waals surface area (Å²) >= 11 is 0. The van der Waals surface area contributed by atoms with E-state index in [9.17, 15) is 13.6 Å². The van der Waals surface area contributed by atoms with Crippen LogP contribution in [0.4, 0.5) is 19.5 Å². The van der Waals surface area contributed by atoms with E-state index in [0.717, 1.165) is 5.56 Å². The fourth-order valence-electron chi connectivity index (χ4n) is 4.94. The second-order valence-corrected chi connectivity index (χ2v) is 11.1. The molecule has 1 amide bonds. The number of nitrogens with one attached hydrogen (secondary N) is 1. The Bertz CT molecular complexity index is 1620. The fourth-order valence-corrected chi connectivity index (χ4v) is 4.94. The summed E-state index contributed by atoms with van der Waals surface area (Å²) in [4.78, 5) is 23.5. The Kier molecular flexibility index (Phi) is 7.93. The molecule has 2 aromatic heterocycles. The van der Waals surface area contributed by atoms with E-state index in [1.54, 1.807) is 41.1 Å². The highest BCUT2D eigenvalue weighted by Crippen LogP contribution is 2.32. The molecule has 5 rings (SSSR count). The summed E-state index contributed by atoms with van der Waals surface area (Å²) in [5, 5.41) is 8.35. The quantitative estimate of drug-likeness (QED) is 0.316. The summed E-state index contributed by atoms with van der Waals surface area (Å²) in [7, 11) is 4.52. The minimum atomic E-state index is -1.29. The van der Waals surface area contributed by atoms with Gasteiger partial charge in [-0.15, -0.1) is 5.10 Å². The number of fused-ring (bicyclic) bond motifs is 3. The molecule has 42 heavy (non-hydrogen) atoms. The molecular formula is C29H34F2N6O5. The number of piperidine rings is 1. The molecule has 11 nitrogen and oxygen atoms in total. The first kappa shape index (κ1) is 29.1. The van der Waals surface area contributed by atoms with Gasteiger partial charge in [0.25, 0.3) is 0 Å². The maximum Gasteiger partial charge on any atom is 0.410 e. The summed E-state index contributed by atoms with van der Waals surface area (Å²) in [6, 6.07) is 8.23. The second-order valence-electron chi connectivity index (χ2n) is 11.1. The normalized spacial score (nSPS) is 17.4. The van der Waals surface area contributed by atoms with Gasteiger partial charge in [-0.2, -0.15) is 4.52 Å². The first-order valence-electron chi connectivity index (χ1n) is 13.5. The molecule has 0 bridgehead atoms. The van der Waals surface area contributed by atoms with Gasteiger partial charge in [-0.1, -0.05) is 0 Å². The Balaban J connectivity index is 1.54. The zero-order valence-electron chi connectivity index (χ0n) is 24.4. The Hall–Kier alpha value is -4.42. The lowest BCUT2D eigenvalue weighted by Gasteiger charge is -2.34. The predicted molar refractivity (Wildman–Crippen MR) is 152 cm³/mol. The molecule has 224 valence electrons. The SMILES string of the molecule is COc1ccc(CNc2nc3cc(OC)c(F)cc3c3nc([C@H]4C[C@H](F)CN(C(=O)OC(C)(C)C)C4)nn23)c(OC)c1. The average molecular weight is 585 g/mol. The minimum Gasteiger partial charge on any atom is -0.497 e. The van der Waals surface area contributed by atoms with Crippen molar-refractivity contribution in [2.75, 3.05) is 39.7 Å². The van der Waals surface area contributed by atoms with E-state index in [2.05, 4.69) is 10.4 Å². The lowest BCUT2D eigenvalue weighted by atomic mass is 9.96. The maximum absolute atomic E-state index is 14.9. The van der Waals surface area contributed by atoms with E-state index in [1.807, 2.05) is 12.1 Å². The molecule has 4 aromatic rings. The fraction of sp³-hybridized carbons (Fsp3) is 0.448. The van der Waals surface area contributed by atoms with Crippen molar-refractivity contribution in [3.05, 3.63) is 47.5 Å². The van der Waals surface area contributed by atoms with Crippen LogP contribution in [0, 0.1) is 5.82 Å². The standard InChI is InChI=1S/C29H34F2N6O5/c1-29(2,3)42-28(38)36-14-17(9-18(30)15-36)25-34-26-20-11-21(31)24(41-6)12-22(20)33-27(37(26)35-25)32-13-16-7-8-19(39-4)10-23(16)40-5/h7-8,10-12,17-18H,9,13-15H2,1-6H3,(H,32,33)/t17-,18-/m0/s1. The lowest BCUT2D eigenvalue weighted by Crippen LogP contribution is -2.46. The number of hydrogen-bond acceptors (Lipinski definition) is 9. The third-order valence-electron chi connectivity index (χ3n) is 6.91. The van der Waals surface area contributed by atoms with Gasteiger partial charge >= 0.3 is 6.09 Å². The molecular weight excluding hydrogens is 550 g/mol. The summed E-state index contributed by atoms with van der Waals surface area (Å²) in [6.45, 7) is 5.66. The van der Waals surface area contributed by atoms with Crippen molar-refractivity contribution in [1.29, 1.82) is 0 Å². The third-order valence-corrected chi connectivity index (χ3v) is 6.91. The van der Waals surface area contributed by atoms with Crippen LogP contribution in [-0.2, 0) is 11.3 Å². The Morgan fingerprint density at radius 2 is 1.81 bits per heavy atom. The van der Waals surface area contributed by atoms with Gasteiger partial charge in [-0.05, 0) is 45.4 Å². The van der Waals surface area contributed by atoms with Crippen molar-refractivity contribution in [3.63, 3.8) is 0 Å². The number of hydrogen-bond donors (Lipinski definition) is 1. The molecule has 2 aromatic carbocycles.